The molecule has 0 aromatic heterocycles. The summed E-state index contributed by atoms with van der Waals surface area (Å²) in [6.45, 7) is 3.77. The lowest BCUT2D eigenvalue weighted by molar-refractivity contribution is 0.0829. The van der Waals surface area contributed by atoms with Gasteiger partial charge in [0.15, 0.2) is 0 Å². The van der Waals surface area contributed by atoms with Gasteiger partial charge in [-0.1, -0.05) is 22.9 Å². The number of rotatable bonds is 2. The molecule has 0 aliphatic rings. The second-order valence-electron chi connectivity index (χ2n) is 3.01. The molecule has 0 saturated carbocycles. The number of halogens is 1. The SMILES string of the molecule is CCC(C)(O)CBr.O=P(O)(O)O.O=P(O)(O)O. The van der Waals surface area contributed by atoms with E-state index in [1.54, 1.807) is 0 Å². The molecule has 0 aromatic carbocycles. The Labute approximate surface area is 107 Å². The van der Waals surface area contributed by atoms with Gasteiger partial charge < -0.3 is 34.5 Å². The summed E-state index contributed by atoms with van der Waals surface area (Å²) in [5.74, 6) is 0. The number of alkyl halides is 1. The molecule has 108 valence electrons. The van der Waals surface area contributed by atoms with Crippen LogP contribution in [0.5, 0.6) is 0 Å². The van der Waals surface area contributed by atoms with Gasteiger partial charge >= 0.3 is 15.6 Å². The van der Waals surface area contributed by atoms with E-state index in [4.69, 9.17) is 43.6 Å². The third-order valence-corrected chi connectivity index (χ3v) is 2.26. The number of aliphatic hydroxyl groups is 1. The average Bonchev–Trinajstić information content (AvgIpc) is 1.98. The van der Waals surface area contributed by atoms with Crippen LogP contribution in [0.25, 0.3) is 0 Å². The van der Waals surface area contributed by atoms with E-state index in [2.05, 4.69) is 15.9 Å². The van der Waals surface area contributed by atoms with Crippen LogP contribution < -0.4 is 0 Å². The Morgan fingerprint density at radius 3 is 1.18 bits per heavy atom. The van der Waals surface area contributed by atoms with Gasteiger partial charge in [0.25, 0.3) is 0 Å². The lowest BCUT2D eigenvalue weighted by Crippen LogP contribution is -2.23. The zero-order valence-corrected chi connectivity index (χ0v) is 12.5. The lowest BCUT2D eigenvalue weighted by atomic mass is 10.1. The van der Waals surface area contributed by atoms with Gasteiger partial charge in [-0.2, -0.15) is 0 Å². The highest BCUT2D eigenvalue weighted by Gasteiger charge is 2.13. The topological polar surface area (TPSA) is 176 Å². The van der Waals surface area contributed by atoms with E-state index in [0.717, 1.165) is 6.42 Å². The van der Waals surface area contributed by atoms with E-state index >= 15 is 0 Å². The monoisotopic (exact) mass is 362 g/mol. The molecule has 17 heavy (non-hydrogen) atoms. The van der Waals surface area contributed by atoms with Crippen molar-refractivity contribution in [3.63, 3.8) is 0 Å². The van der Waals surface area contributed by atoms with Crippen LogP contribution in [0.2, 0.25) is 0 Å². The largest absolute Gasteiger partial charge is 0.466 e. The average molecular weight is 363 g/mol. The van der Waals surface area contributed by atoms with E-state index in [9.17, 15) is 0 Å². The Hall–Kier alpha value is 0.660. The van der Waals surface area contributed by atoms with Gasteiger partial charge in [0, 0.05) is 5.33 Å². The first-order valence-corrected chi connectivity index (χ1v) is 8.22. The molecule has 0 bridgehead atoms. The van der Waals surface area contributed by atoms with E-state index in [1.807, 2.05) is 13.8 Å². The van der Waals surface area contributed by atoms with E-state index in [-0.39, 0.29) is 0 Å². The van der Waals surface area contributed by atoms with Crippen LogP contribution in [0.15, 0.2) is 0 Å². The maximum absolute atomic E-state index is 9.09. The maximum Gasteiger partial charge on any atom is 0.466 e. The zero-order valence-electron chi connectivity index (χ0n) is 9.13. The number of phosphoric acid groups is 2. The summed E-state index contributed by atoms with van der Waals surface area (Å²) in [4.78, 5) is 43.1. The first-order valence-electron chi connectivity index (χ1n) is 3.97. The Morgan fingerprint density at radius 2 is 1.18 bits per heavy atom. The summed E-state index contributed by atoms with van der Waals surface area (Å²) in [6.07, 6.45) is 0.804. The van der Waals surface area contributed by atoms with Crippen molar-refractivity contribution >= 4 is 31.6 Å². The summed E-state index contributed by atoms with van der Waals surface area (Å²) in [6, 6.07) is 0. The Balaban J connectivity index is -0.000000177. The predicted molar refractivity (Wildman–Crippen MR) is 63.2 cm³/mol. The molecule has 0 aliphatic carbocycles. The number of hydrogen-bond donors (Lipinski definition) is 7. The van der Waals surface area contributed by atoms with Gasteiger partial charge in [0.2, 0.25) is 0 Å². The molecule has 1 unspecified atom stereocenters. The third kappa shape index (κ3) is 80.7. The molecule has 9 nitrogen and oxygen atoms in total. The van der Waals surface area contributed by atoms with Gasteiger partial charge in [-0.3, -0.25) is 0 Å². The zero-order chi connectivity index (χ0) is 14.9. The first-order chi connectivity index (χ1) is 7.12. The first kappa shape index (κ1) is 22.8. The van der Waals surface area contributed by atoms with Crippen LogP contribution in [0.1, 0.15) is 20.3 Å². The molecular weight excluding hydrogens is 346 g/mol. The fourth-order valence-corrected chi connectivity index (χ4v) is 0.491. The van der Waals surface area contributed by atoms with Gasteiger partial charge in [-0.25, -0.2) is 9.13 Å². The second-order valence-corrected chi connectivity index (χ2v) is 5.62. The van der Waals surface area contributed by atoms with Crippen LogP contribution in [0.3, 0.4) is 0 Å². The minimum atomic E-state index is -4.64. The molecule has 0 aliphatic heterocycles. The summed E-state index contributed by atoms with van der Waals surface area (Å²) in [5, 5.41) is 9.75. The van der Waals surface area contributed by atoms with Crippen LogP contribution in [0, 0.1) is 0 Å². The van der Waals surface area contributed by atoms with Crippen LogP contribution in [0.4, 0.5) is 0 Å². The summed E-state index contributed by atoms with van der Waals surface area (Å²) >= 11 is 3.18. The van der Waals surface area contributed by atoms with Crippen LogP contribution in [-0.4, -0.2) is 45.4 Å². The molecule has 7 N–H and O–H groups in total. The quantitative estimate of drug-likeness (QED) is 0.256. The normalized spacial score (nSPS) is 14.7. The minimum absolute atomic E-state index is 0.500. The molecule has 0 amide bonds. The van der Waals surface area contributed by atoms with Crippen LogP contribution >= 0.6 is 31.6 Å². The standard InChI is InChI=1S/C5H11BrO.2H3O4P/c1-3-5(2,7)4-6;2*1-5(2,3)4/h7H,3-4H2,1-2H3;2*(H3,1,2,3,4). The summed E-state index contributed by atoms with van der Waals surface area (Å²) in [7, 11) is -9.28. The minimum Gasteiger partial charge on any atom is -0.389 e. The van der Waals surface area contributed by atoms with Gasteiger partial charge in [-0.15, -0.1) is 0 Å². The van der Waals surface area contributed by atoms with Crippen molar-refractivity contribution in [1.82, 2.24) is 0 Å². The lowest BCUT2D eigenvalue weighted by Gasteiger charge is -2.16. The van der Waals surface area contributed by atoms with E-state index < -0.39 is 21.2 Å². The highest BCUT2D eigenvalue weighted by molar-refractivity contribution is 9.09. The molecule has 0 aromatic rings. The Morgan fingerprint density at radius 1 is 1.00 bits per heavy atom. The van der Waals surface area contributed by atoms with Crippen LogP contribution in [-0.2, 0) is 9.13 Å². The highest BCUT2D eigenvalue weighted by Crippen LogP contribution is 2.26. The molecule has 0 heterocycles. The van der Waals surface area contributed by atoms with Crippen molar-refractivity contribution in [3.8, 4) is 0 Å². The van der Waals surface area contributed by atoms with E-state index in [1.165, 1.54) is 0 Å². The van der Waals surface area contributed by atoms with Crippen molar-refractivity contribution in [3.05, 3.63) is 0 Å². The van der Waals surface area contributed by atoms with E-state index in [0.29, 0.717) is 5.33 Å². The van der Waals surface area contributed by atoms with Gasteiger partial charge in [0.05, 0.1) is 5.60 Å². The molecule has 0 fully saturated rings. The van der Waals surface area contributed by atoms with Gasteiger partial charge in [0.1, 0.15) is 0 Å². The van der Waals surface area contributed by atoms with Crippen molar-refractivity contribution in [2.24, 2.45) is 0 Å². The maximum atomic E-state index is 9.09. The highest BCUT2D eigenvalue weighted by atomic mass is 79.9. The molecule has 0 saturated heterocycles. The molecular formula is C5H17BrO9P2. The van der Waals surface area contributed by atoms with Crippen molar-refractivity contribution in [2.75, 3.05) is 5.33 Å². The third-order valence-electron chi connectivity index (χ3n) is 1.05. The van der Waals surface area contributed by atoms with Crippen molar-refractivity contribution < 1.29 is 43.6 Å². The fraction of sp³-hybridized carbons (Fsp3) is 1.00. The second kappa shape index (κ2) is 9.57. The molecule has 0 radical (unpaired) electrons. The molecule has 12 heteroatoms. The van der Waals surface area contributed by atoms with Crippen molar-refractivity contribution in [1.29, 1.82) is 0 Å². The molecule has 0 rings (SSSR count). The predicted octanol–water partition coefficient (Wildman–Crippen LogP) is -0.315. The van der Waals surface area contributed by atoms with Gasteiger partial charge in [-0.05, 0) is 13.3 Å². The smallest absolute Gasteiger partial charge is 0.389 e. The Kier molecular flexibility index (Phi) is 12.8. The molecule has 0 spiro atoms. The summed E-state index contributed by atoms with van der Waals surface area (Å²) in [5.41, 5.74) is -0.500. The molecule has 1 atom stereocenters. The fourth-order valence-electron chi connectivity index (χ4n) is 0.0945. The number of hydrogen-bond acceptors (Lipinski definition) is 3. The summed E-state index contributed by atoms with van der Waals surface area (Å²) < 4.78 is 17.8. The van der Waals surface area contributed by atoms with Crippen molar-refractivity contribution in [2.45, 2.75) is 25.9 Å². The Bertz CT molecular complexity index is 226.